The molecule has 0 fully saturated rings. The Kier molecular flexibility index (Phi) is 7.01. The molecule has 1 atom stereocenters. The van der Waals surface area contributed by atoms with Crippen molar-refractivity contribution in [2.24, 2.45) is 0 Å². The van der Waals surface area contributed by atoms with Gasteiger partial charge in [0.05, 0.1) is 23.0 Å². The first-order chi connectivity index (χ1) is 19.7. The molecule has 1 aliphatic rings. The van der Waals surface area contributed by atoms with E-state index in [4.69, 9.17) is 32.9 Å². The zero-order chi connectivity index (χ0) is 28.7. The Labute approximate surface area is 246 Å². The van der Waals surface area contributed by atoms with Crippen LogP contribution in [0.4, 0.5) is 4.39 Å². The van der Waals surface area contributed by atoms with Gasteiger partial charge in [0.15, 0.2) is 0 Å². The number of nitrogens with zero attached hydrogens (tertiary/aromatic N) is 2. The average Bonchev–Trinajstić information content (AvgIpc) is 3.48. The van der Waals surface area contributed by atoms with E-state index in [1.807, 2.05) is 62.4 Å². The number of fused-ring (bicyclic) bond motifs is 1. The molecule has 41 heavy (non-hydrogen) atoms. The Morgan fingerprint density at radius 1 is 0.976 bits per heavy atom. The number of pyridine rings is 1. The van der Waals surface area contributed by atoms with E-state index in [9.17, 15) is 9.18 Å². The summed E-state index contributed by atoms with van der Waals surface area (Å²) in [5.74, 6) is -0.304. The van der Waals surface area contributed by atoms with E-state index < -0.39 is 17.5 Å². The van der Waals surface area contributed by atoms with E-state index in [0.717, 1.165) is 33.4 Å². The predicted octanol–water partition coefficient (Wildman–Crippen LogP) is 8.28. The number of hydrogen-bond donors (Lipinski definition) is 2. The van der Waals surface area contributed by atoms with Gasteiger partial charge in [0.25, 0.3) is 5.91 Å². The highest BCUT2D eigenvalue weighted by Crippen LogP contribution is 2.45. The van der Waals surface area contributed by atoms with Gasteiger partial charge in [-0.3, -0.25) is 9.89 Å². The smallest absolute Gasteiger partial charge is 0.251 e. The van der Waals surface area contributed by atoms with Gasteiger partial charge in [-0.1, -0.05) is 47.5 Å². The number of nitrogens with one attached hydrogen (secondary N) is 2. The lowest BCUT2D eigenvalue weighted by molar-refractivity contribution is 0.0572. The highest BCUT2D eigenvalue weighted by atomic mass is 35.5. The summed E-state index contributed by atoms with van der Waals surface area (Å²) in [4.78, 5) is 18.2. The molecule has 6 nitrogen and oxygen atoms in total. The molecule has 0 unspecified atom stereocenters. The van der Waals surface area contributed by atoms with Crippen LogP contribution in [0.25, 0.3) is 33.5 Å². The number of H-pyrrole nitrogens is 1. The van der Waals surface area contributed by atoms with Gasteiger partial charge >= 0.3 is 0 Å². The van der Waals surface area contributed by atoms with E-state index in [1.54, 1.807) is 12.4 Å². The molecule has 3 heterocycles. The van der Waals surface area contributed by atoms with Crippen molar-refractivity contribution in [3.05, 3.63) is 112 Å². The molecule has 0 saturated heterocycles. The summed E-state index contributed by atoms with van der Waals surface area (Å²) in [5.41, 5.74) is 5.37. The van der Waals surface area contributed by atoms with Gasteiger partial charge in [-0.25, -0.2) is 9.37 Å². The van der Waals surface area contributed by atoms with E-state index in [1.165, 1.54) is 24.3 Å². The molecule has 0 bridgehead atoms. The Morgan fingerprint density at radius 2 is 1.71 bits per heavy atom. The Balaban J connectivity index is 1.48. The van der Waals surface area contributed by atoms with E-state index in [-0.39, 0.29) is 5.91 Å². The van der Waals surface area contributed by atoms with Gasteiger partial charge < -0.3 is 10.1 Å². The van der Waals surface area contributed by atoms with Gasteiger partial charge in [0.2, 0.25) is 5.88 Å². The Morgan fingerprint density at radius 3 is 2.39 bits per heavy atom. The third-order valence-corrected chi connectivity index (χ3v) is 7.65. The van der Waals surface area contributed by atoms with Crippen molar-refractivity contribution in [3.63, 3.8) is 0 Å². The van der Waals surface area contributed by atoms with E-state index in [0.29, 0.717) is 33.6 Å². The lowest BCUT2D eigenvalue weighted by atomic mass is 9.88. The van der Waals surface area contributed by atoms with Crippen molar-refractivity contribution in [1.29, 1.82) is 0 Å². The predicted molar refractivity (Wildman–Crippen MR) is 159 cm³/mol. The second kappa shape index (κ2) is 10.7. The zero-order valence-electron chi connectivity index (χ0n) is 22.2. The van der Waals surface area contributed by atoms with Crippen molar-refractivity contribution >= 4 is 29.1 Å². The summed E-state index contributed by atoms with van der Waals surface area (Å²) in [6.07, 6.45) is 4.05. The lowest BCUT2D eigenvalue weighted by Crippen LogP contribution is -2.41. The second-order valence-electron chi connectivity index (χ2n) is 10.6. The van der Waals surface area contributed by atoms with Crippen molar-refractivity contribution < 1.29 is 13.9 Å². The number of carbonyl (C=O) groups is 1. The molecule has 1 amide bonds. The van der Waals surface area contributed by atoms with Gasteiger partial charge in [-0.15, -0.1) is 0 Å². The van der Waals surface area contributed by atoms with Crippen LogP contribution in [0.3, 0.4) is 0 Å². The molecule has 6 rings (SSSR count). The summed E-state index contributed by atoms with van der Waals surface area (Å²) < 4.78 is 19.8. The van der Waals surface area contributed by atoms with Gasteiger partial charge in [-0.05, 0) is 73.5 Å². The van der Waals surface area contributed by atoms with Crippen LogP contribution in [0, 0.1) is 5.82 Å². The topological polar surface area (TPSA) is 79.9 Å². The van der Waals surface area contributed by atoms with Crippen LogP contribution in [0.15, 0.2) is 85.2 Å². The van der Waals surface area contributed by atoms with Crippen molar-refractivity contribution in [2.75, 3.05) is 0 Å². The van der Waals surface area contributed by atoms with Crippen molar-refractivity contribution in [1.82, 2.24) is 20.5 Å². The zero-order valence-corrected chi connectivity index (χ0v) is 23.7. The Bertz CT molecular complexity index is 1740. The summed E-state index contributed by atoms with van der Waals surface area (Å²) >= 11 is 13.1. The summed E-state index contributed by atoms with van der Waals surface area (Å²) in [7, 11) is 0. The molecule has 2 aromatic heterocycles. The van der Waals surface area contributed by atoms with Crippen LogP contribution in [-0.4, -0.2) is 26.7 Å². The Hall–Kier alpha value is -4.20. The largest absolute Gasteiger partial charge is 0.471 e. The number of rotatable bonds is 5. The number of amides is 1. The van der Waals surface area contributed by atoms with Crippen LogP contribution < -0.4 is 10.1 Å². The quantitative estimate of drug-likeness (QED) is 0.217. The van der Waals surface area contributed by atoms with Crippen LogP contribution in [-0.2, 0) is 0 Å². The number of ether oxygens (including phenoxy) is 1. The SMILES string of the molecule is CC1(C)C[C@@H](NC(=O)c2ccc(F)cc2)c2cc(-c3ccc(Cl)cc3)c(-c3ccc(-c4cn[nH]c4)cc3Cl)nc2O1. The normalized spacial score (nSPS) is 15.6. The maximum Gasteiger partial charge on any atom is 0.251 e. The minimum Gasteiger partial charge on any atom is -0.471 e. The molecule has 206 valence electrons. The summed E-state index contributed by atoms with van der Waals surface area (Å²) in [5, 5.41) is 11.1. The molecule has 5 aromatic rings. The molecule has 9 heteroatoms. The van der Waals surface area contributed by atoms with E-state index in [2.05, 4.69) is 15.5 Å². The molecular formula is C32H25Cl2FN4O2. The van der Waals surface area contributed by atoms with Crippen LogP contribution >= 0.6 is 23.2 Å². The van der Waals surface area contributed by atoms with Crippen molar-refractivity contribution in [2.45, 2.75) is 31.9 Å². The third-order valence-electron chi connectivity index (χ3n) is 7.08. The number of hydrogen-bond acceptors (Lipinski definition) is 4. The molecule has 0 spiro atoms. The number of aromatic nitrogens is 3. The number of benzene rings is 3. The molecule has 2 N–H and O–H groups in total. The fourth-order valence-electron chi connectivity index (χ4n) is 5.07. The minimum atomic E-state index is -0.616. The lowest BCUT2D eigenvalue weighted by Gasteiger charge is -2.37. The third kappa shape index (κ3) is 5.56. The molecule has 1 aliphatic heterocycles. The maximum atomic E-state index is 13.5. The number of carbonyl (C=O) groups excluding carboxylic acids is 1. The fraction of sp³-hybridized carbons (Fsp3) is 0.156. The highest BCUT2D eigenvalue weighted by molar-refractivity contribution is 6.33. The molecule has 3 aromatic carbocycles. The first-order valence-electron chi connectivity index (χ1n) is 13.0. The van der Waals surface area contributed by atoms with Crippen molar-refractivity contribution in [3.8, 4) is 39.4 Å². The second-order valence-corrected chi connectivity index (χ2v) is 11.4. The molecule has 0 saturated carbocycles. The van der Waals surface area contributed by atoms with Gasteiger partial charge in [0, 0.05) is 45.5 Å². The summed E-state index contributed by atoms with van der Waals surface area (Å²) in [6.45, 7) is 3.91. The van der Waals surface area contributed by atoms with Crippen LogP contribution in [0.1, 0.15) is 42.2 Å². The van der Waals surface area contributed by atoms with Gasteiger partial charge in [-0.2, -0.15) is 5.10 Å². The highest BCUT2D eigenvalue weighted by Gasteiger charge is 2.37. The van der Waals surface area contributed by atoms with Gasteiger partial charge in [0.1, 0.15) is 11.4 Å². The fourth-order valence-corrected chi connectivity index (χ4v) is 5.47. The number of aromatic amines is 1. The first kappa shape index (κ1) is 27.0. The van der Waals surface area contributed by atoms with E-state index >= 15 is 0 Å². The molecular weight excluding hydrogens is 562 g/mol. The molecule has 0 radical (unpaired) electrons. The minimum absolute atomic E-state index is 0.311. The standard InChI is InChI=1S/C32H25Cl2FN4O2/c1-32(2)15-28(38-30(40)19-5-10-23(35)11-6-19)26-14-25(18-3-8-22(33)9-4-18)29(39-31(26)41-32)24-12-7-20(13-27(24)34)21-16-36-37-17-21/h3-14,16-17,28H,15H2,1-2H3,(H,36,37)(H,38,40)/t28-/m1/s1. The molecule has 0 aliphatic carbocycles. The maximum absolute atomic E-state index is 13.5. The first-order valence-corrected chi connectivity index (χ1v) is 13.8. The average molecular weight is 587 g/mol. The van der Waals surface area contributed by atoms with Crippen LogP contribution in [0.2, 0.25) is 10.0 Å². The summed E-state index contributed by atoms with van der Waals surface area (Å²) in [6, 6.07) is 20.3. The number of halogens is 3. The van der Waals surface area contributed by atoms with Crippen LogP contribution in [0.5, 0.6) is 5.88 Å². The monoisotopic (exact) mass is 586 g/mol.